The maximum Gasteiger partial charge on any atom is 0.258 e. The van der Waals surface area contributed by atoms with Gasteiger partial charge in [-0.3, -0.25) is 19.8 Å². The van der Waals surface area contributed by atoms with Crippen molar-refractivity contribution in [3.8, 4) is 0 Å². The molecule has 0 bridgehead atoms. The number of anilines is 1. The van der Waals surface area contributed by atoms with E-state index in [2.05, 4.69) is 42.6 Å². The van der Waals surface area contributed by atoms with E-state index < -0.39 is 0 Å². The van der Waals surface area contributed by atoms with Crippen LogP contribution in [0, 0.1) is 27.7 Å². The highest BCUT2D eigenvalue weighted by atomic mass is 35.5. The molecule has 0 aliphatic rings. The second-order valence-electron chi connectivity index (χ2n) is 7.78. The fourth-order valence-corrected chi connectivity index (χ4v) is 3.81. The molecule has 1 aromatic heterocycles. The molecule has 0 aliphatic heterocycles. The van der Waals surface area contributed by atoms with Gasteiger partial charge in [-0.15, -0.1) is 0 Å². The minimum absolute atomic E-state index is 0.268. The van der Waals surface area contributed by atoms with Gasteiger partial charge in [0.15, 0.2) is 0 Å². The molecule has 0 saturated carbocycles. The van der Waals surface area contributed by atoms with Gasteiger partial charge in [-0.05, 0) is 82.0 Å². The highest BCUT2D eigenvalue weighted by Gasteiger charge is 2.13. The molecular formula is C25H30ClN5O. The molecule has 1 amide bonds. The highest BCUT2D eigenvalue weighted by Crippen LogP contribution is 2.18. The molecule has 0 aliphatic carbocycles. The van der Waals surface area contributed by atoms with Crippen LogP contribution in [0.4, 0.5) is 5.69 Å². The van der Waals surface area contributed by atoms with Crippen molar-refractivity contribution in [3.63, 3.8) is 0 Å². The molecule has 0 radical (unpaired) electrons. The van der Waals surface area contributed by atoms with E-state index in [1.807, 2.05) is 30.7 Å². The van der Waals surface area contributed by atoms with Crippen LogP contribution in [0.1, 0.15) is 45.4 Å². The average molecular weight is 452 g/mol. The van der Waals surface area contributed by atoms with E-state index in [1.54, 1.807) is 24.3 Å². The van der Waals surface area contributed by atoms with Crippen LogP contribution in [0.15, 0.2) is 47.5 Å². The third-order valence-corrected chi connectivity index (χ3v) is 5.87. The molecular weight excluding hydrogens is 422 g/mol. The number of nitrogens with one attached hydrogen (secondary N) is 2. The van der Waals surface area contributed by atoms with Gasteiger partial charge >= 0.3 is 0 Å². The monoisotopic (exact) mass is 451 g/mol. The summed E-state index contributed by atoms with van der Waals surface area (Å²) in [7, 11) is 0. The van der Waals surface area contributed by atoms with Crippen LogP contribution in [0.2, 0.25) is 5.02 Å². The number of carbonyl (C=O) groups is 1. The minimum Gasteiger partial charge on any atom is -0.326 e. The number of carbonyl (C=O) groups excluding carboxylic acids is 1. The van der Waals surface area contributed by atoms with Crippen molar-refractivity contribution in [1.82, 2.24) is 15.1 Å². The van der Waals surface area contributed by atoms with Crippen molar-refractivity contribution in [1.29, 1.82) is 0 Å². The molecule has 2 aromatic carbocycles. The zero-order chi connectivity index (χ0) is 23.3. The van der Waals surface area contributed by atoms with Crippen molar-refractivity contribution in [3.05, 3.63) is 81.1 Å². The minimum atomic E-state index is -0.268. The number of amides is 1. The Hall–Kier alpha value is -3.12. The summed E-state index contributed by atoms with van der Waals surface area (Å²) in [6, 6.07) is 12.9. The normalized spacial score (nSPS) is 11.5. The Labute approximate surface area is 194 Å². The summed E-state index contributed by atoms with van der Waals surface area (Å²) >= 11 is 6.05. The zero-order valence-corrected chi connectivity index (χ0v) is 20.0. The molecule has 0 atom stereocenters. The van der Waals surface area contributed by atoms with Crippen LogP contribution >= 0.6 is 11.6 Å². The van der Waals surface area contributed by atoms with E-state index in [9.17, 15) is 4.79 Å². The van der Waals surface area contributed by atoms with Crippen molar-refractivity contribution in [2.24, 2.45) is 4.99 Å². The summed E-state index contributed by atoms with van der Waals surface area (Å²) in [6.45, 7) is 11.6. The SMILES string of the molecule is CCn1nc(C)c(CCN=C(NC(=O)c2cccc(Cl)c2)Nc2cccc(C)c2C)c1C. The largest absolute Gasteiger partial charge is 0.326 e. The second-order valence-corrected chi connectivity index (χ2v) is 8.22. The number of halogens is 1. The van der Waals surface area contributed by atoms with Crippen LogP contribution in [-0.2, 0) is 13.0 Å². The van der Waals surface area contributed by atoms with E-state index >= 15 is 0 Å². The summed E-state index contributed by atoms with van der Waals surface area (Å²) in [5.74, 6) is 0.136. The van der Waals surface area contributed by atoms with E-state index in [4.69, 9.17) is 16.6 Å². The summed E-state index contributed by atoms with van der Waals surface area (Å²) < 4.78 is 2.00. The first kappa shape index (κ1) is 23.5. The van der Waals surface area contributed by atoms with Gasteiger partial charge in [0.1, 0.15) is 0 Å². The smallest absolute Gasteiger partial charge is 0.258 e. The van der Waals surface area contributed by atoms with Gasteiger partial charge in [-0.25, -0.2) is 0 Å². The molecule has 7 heteroatoms. The average Bonchev–Trinajstić information content (AvgIpc) is 3.04. The van der Waals surface area contributed by atoms with Crippen molar-refractivity contribution in [2.45, 2.75) is 47.6 Å². The number of aromatic nitrogens is 2. The summed E-state index contributed by atoms with van der Waals surface area (Å²) in [5, 5.41) is 11.3. The Kier molecular flexibility index (Phi) is 7.70. The Morgan fingerprint density at radius 1 is 1.12 bits per heavy atom. The lowest BCUT2D eigenvalue weighted by molar-refractivity contribution is 0.0977. The zero-order valence-electron chi connectivity index (χ0n) is 19.3. The number of aryl methyl sites for hydroxylation is 3. The quantitative estimate of drug-likeness (QED) is 0.398. The topological polar surface area (TPSA) is 71.3 Å². The maximum absolute atomic E-state index is 12.8. The Bertz CT molecular complexity index is 1150. The predicted octanol–water partition coefficient (Wildman–Crippen LogP) is 5.23. The first-order valence-corrected chi connectivity index (χ1v) is 11.2. The Balaban J connectivity index is 1.83. The van der Waals surface area contributed by atoms with Gasteiger partial charge in [0.2, 0.25) is 5.96 Å². The number of aliphatic imine (C=N–C) groups is 1. The number of guanidine groups is 1. The van der Waals surface area contributed by atoms with Gasteiger partial charge in [0, 0.05) is 35.1 Å². The van der Waals surface area contributed by atoms with Gasteiger partial charge in [0.25, 0.3) is 5.91 Å². The van der Waals surface area contributed by atoms with Crippen molar-refractivity contribution < 1.29 is 4.79 Å². The Morgan fingerprint density at radius 2 is 1.88 bits per heavy atom. The lowest BCUT2D eigenvalue weighted by atomic mass is 10.1. The fraction of sp³-hybridized carbons (Fsp3) is 0.320. The third-order valence-electron chi connectivity index (χ3n) is 5.64. The second kappa shape index (κ2) is 10.5. The van der Waals surface area contributed by atoms with Crippen LogP contribution in [0.5, 0.6) is 0 Å². The van der Waals surface area contributed by atoms with Gasteiger partial charge < -0.3 is 5.32 Å². The Morgan fingerprint density at radius 3 is 2.56 bits per heavy atom. The molecule has 3 aromatic rings. The molecule has 168 valence electrons. The van der Waals surface area contributed by atoms with Crippen LogP contribution in [-0.4, -0.2) is 28.2 Å². The summed E-state index contributed by atoms with van der Waals surface area (Å²) in [4.78, 5) is 17.5. The molecule has 0 fully saturated rings. The van der Waals surface area contributed by atoms with E-state index in [1.165, 1.54) is 5.56 Å². The van der Waals surface area contributed by atoms with Crippen LogP contribution in [0.25, 0.3) is 0 Å². The number of rotatable bonds is 6. The van der Waals surface area contributed by atoms with Crippen molar-refractivity contribution in [2.75, 3.05) is 11.9 Å². The van der Waals surface area contributed by atoms with Crippen LogP contribution in [0.3, 0.4) is 0 Å². The predicted molar refractivity (Wildman–Crippen MR) is 132 cm³/mol. The standard InChI is InChI=1S/C25H30ClN5O/c1-6-31-19(5)22(18(4)30-31)13-14-27-25(28-23-12-7-9-16(2)17(23)3)29-24(32)20-10-8-11-21(26)15-20/h7-12,15H,6,13-14H2,1-5H3,(H2,27,28,29,32). The van der Waals surface area contributed by atoms with Crippen molar-refractivity contribution >= 4 is 29.2 Å². The van der Waals surface area contributed by atoms with Gasteiger partial charge in [-0.2, -0.15) is 5.10 Å². The van der Waals surface area contributed by atoms with Crippen LogP contribution < -0.4 is 10.6 Å². The molecule has 3 rings (SSSR count). The van der Waals surface area contributed by atoms with E-state index in [0.29, 0.717) is 23.1 Å². The molecule has 0 spiro atoms. The number of benzene rings is 2. The molecule has 6 nitrogen and oxygen atoms in total. The molecule has 1 heterocycles. The molecule has 32 heavy (non-hydrogen) atoms. The highest BCUT2D eigenvalue weighted by molar-refractivity contribution is 6.31. The number of hydrogen-bond donors (Lipinski definition) is 2. The third kappa shape index (κ3) is 5.56. The summed E-state index contributed by atoms with van der Waals surface area (Å²) in [6.07, 6.45) is 0.739. The molecule has 2 N–H and O–H groups in total. The maximum atomic E-state index is 12.8. The van der Waals surface area contributed by atoms with E-state index in [0.717, 1.165) is 41.2 Å². The first-order chi connectivity index (χ1) is 15.3. The summed E-state index contributed by atoms with van der Waals surface area (Å²) in [5.41, 5.74) is 7.02. The first-order valence-electron chi connectivity index (χ1n) is 10.8. The fourth-order valence-electron chi connectivity index (χ4n) is 3.62. The molecule has 0 saturated heterocycles. The van der Waals surface area contributed by atoms with Gasteiger partial charge in [-0.1, -0.05) is 29.8 Å². The van der Waals surface area contributed by atoms with E-state index in [-0.39, 0.29) is 5.91 Å². The molecule has 0 unspecified atom stereocenters. The number of nitrogens with zero attached hydrogens (tertiary/aromatic N) is 3. The lowest BCUT2D eigenvalue weighted by Gasteiger charge is -2.15. The van der Waals surface area contributed by atoms with Gasteiger partial charge in [0.05, 0.1) is 5.69 Å². The number of hydrogen-bond acceptors (Lipinski definition) is 3. The lowest BCUT2D eigenvalue weighted by Crippen LogP contribution is -2.36.